The number of amides is 1. The maximum Gasteiger partial charge on any atom is 0.255 e. The van der Waals surface area contributed by atoms with Crippen LogP contribution in [0, 0.1) is 0 Å². The summed E-state index contributed by atoms with van der Waals surface area (Å²) in [4.78, 5) is 18.9. The first-order chi connectivity index (χ1) is 10.8. The van der Waals surface area contributed by atoms with Gasteiger partial charge in [-0.05, 0) is 25.0 Å². The van der Waals surface area contributed by atoms with E-state index in [0.717, 1.165) is 25.0 Å². The summed E-state index contributed by atoms with van der Waals surface area (Å²) in [7, 11) is 0. The summed E-state index contributed by atoms with van der Waals surface area (Å²) in [5, 5.41) is 7.82. The van der Waals surface area contributed by atoms with Gasteiger partial charge < -0.3 is 9.30 Å². The highest BCUT2D eigenvalue weighted by Crippen LogP contribution is 2.21. The van der Waals surface area contributed by atoms with Crippen LogP contribution < -0.4 is 0 Å². The number of fused-ring (bicyclic) bond motifs is 1. The van der Waals surface area contributed by atoms with Crippen molar-refractivity contribution in [1.82, 2.24) is 29.3 Å². The monoisotopic (exact) mass is 296 g/mol. The van der Waals surface area contributed by atoms with Gasteiger partial charge in [0.2, 0.25) is 0 Å². The summed E-state index contributed by atoms with van der Waals surface area (Å²) >= 11 is 0. The van der Waals surface area contributed by atoms with Crippen LogP contribution in [0.25, 0.3) is 5.65 Å². The Hall–Kier alpha value is -2.70. The number of carbonyl (C=O) groups excluding carboxylic acids is 1. The molecule has 4 heterocycles. The van der Waals surface area contributed by atoms with Crippen molar-refractivity contribution in [1.29, 1.82) is 0 Å². The molecule has 0 bridgehead atoms. The first kappa shape index (κ1) is 13.0. The molecule has 0 unspecified atom stereocenters. The van der Waals surface area contributed by atoms with E-state index in [1.807, 2.05) is 40.0 Å². The van der Waals surface area contributed by atoms with Crippen LogP contribution in [0.4, 0.5) is 0 Å². The van der Waals surface area contributed by atoms with E-state index in [1.54, 1.807) is 17.1 Å². The van der Waals surface area contributed by atoms with Crippen molar-refractivity contribution in [3.63, 3.8) is 0 Å². The lowest BCUT2D eigenvalue weighted by Crippen LogP contribution is -2.38. The Balaban J connectivity index is 1.57. The molecule has 1 aliphatic rings. The molecule has 7 nitrogen and oxygen atoms in total. The molecule has 0 spiro atoms. The normalized spacial score (nSPS) is 18.2. The highest BCUT2D eigenvalue weighted by Gasteiger charge is 2.30. The van der Waals surface area contributed by atoms with Crippen molar-refractivity contribution >= 4 is 11.6 Å². The average Bonchev–Trinajstić information content (AvgIpc) is 3.27. The van der Waals surface area contributed by atoms with Gasteiger partial charge in [0.1, 0.15) is 5.65 Å². The van der Waals surface area contributed by atoms with Crippen LogP contribution in [0.1, 0.15) is 23.2 Å². The van der Waals surface area contributed by atoms with Crippen LogP contribution in [-0.2, 0) is 6.54 Å². The van der Waals surface area contributed by atoms with Crippen LogP contribution in [0.15, 0.2) is 43.1 Å². The maximum atomic E-state index is 12.8. The molecule has 0 radical (unpaired) electrons. The number of hydrogen-bond donors (Lipinski definition) is 0. The number of nitrogens with zero attached hydrogens (tertiary/aromatic N) is 6. The SMILES string of the molecule is O=C(c1ccc2nccn2c1)N1CCC[C@H]1Cn1ccnn1. The van der Waals surface area contributed by atoms with Gasteiger partial charge in [-0.25, -0.2) is 4.98 Å². The number of aromatic nitrogens is 5. The largest absolute Gasteiger partial charge is 0.334 e. The highest BCUT2D eigenvalue weighted by atomic mass is 16.2. The molecular formula is C15H16N6O. The van der Waals surface area contributed by atoms with Gasteiger partial charge in [-0.1, -0.05) is 5.21 Å². The molecule has 1 atom stereocenters. The predicted molar refractivity (Wildman–Crippen MR) is 79.3 cm³/mol. The minimum atomic E-state index is 0.0678. The average molecular weight is 296 g/mol. The summed E-state index contributed by atoms with van der Waals surface area (Å²) in [5.74, 6) is 0.0678. The number of rotatable bonds is 3. The van der Waals surface area contributed by atoms with Gasteiger partial charge in [-0.2, -0.15) is 0 Å². The van der Waals surface area contributed by atoms with Gasteiger partial charge in [-0.15, -0.1) is 5.10 Å². The molecule has 112 valence electrons. The molecule has 0 saturated carbocycles. The molecule has 3 aromatic heterocycles. The fourth-order valence-corrected chi connectivity index (χ4v) is 3.05. The molecule has 7 heteroatoms. The Kier molecular flexibility index (Phi) is 3.10. The number of pyridine rings is 1. The van der Waals surface area contributed by atoms with E-state index >= 15 is 0 Å². The third-order valence-corrected chi connectivity index (χ3v) is 4.14. The van der Waals surface area contributed by atoms with Gasteiger partial charge in [0, 0.05) is 31.3 Å². The molecule has 1 saturated heterocycles. The number of likely N-dealkylation sites (tertiary alicyclic amines) is 1. The minimum absolute atomic E-state index is 0.0678. The summed E-state index contributed by atoms with van der Waals surface area (Å²) in [6.45, 7) is 1.49. The molecule has 22 heavy (non-hydrogen) atoms. The van der Waals surface area contributed by atoms with Crippen molar-refractivity contribution < 1.29 is 4.79 Å². The van der Waals surface area contributed by atoms with Crippen LogP contribution >= 0.6 is 0 Å². The molecular weight excluding hydrogens is 280 g/mol. The topological polar surface area (TPSA) is 68.3 Å². The Morgan fingerprint density at radius 3 is 3.09 bits per heavy atom. The van der Waals surface area contributed by atoms with Crippen LogP contribution in [-0.4, -0.2) is 47.8 Å². The Labute approximate surface area is 127 Å². The third-order valence-electron chi connectivity index (χ3n) is 4.14. The summed E-state index contributed by atoms with van der Waals surface area (Å²) < 4.78 is 3.66. The Morgan fingerprint density at radius 1 is 1.27 bits per heavy atom. The second kappa shape index (κ2) is 5.25. The van der Waals surface area contributed by atoms with Gasteiger partial charge in [0.05, 0.1) is 24.3 Å². The first-order valence-electron chi connectivity index (χ1n) is 7.39. The molecule has 0 aromatic carbocycles. The minimum Gasteiger partial charge on any atom is -0.334 e. The van der Waals surface area contributed by atoms with Gasteiger partial charge in [0.25, 0.3) is 5.91 Å². The van der Waals surface area contributed by atoms with E-state index in [1.165, 1.54) is 0 Å². The number of carbonyl (C=O) groups is 1. The molecule has 0 aliphatic carbocycles. The molecule has 0 N–H and O–H groups in total. The predicted octanol–water partition coefficient (Wildman–Crippen LogP) is 1.23. The summed E-state index contributed by atoms with van der Waals surface area (Å²) in [6.07, 6.45) is 10.9. The lowest BCUT2D eigenvalue weighted by atomic mass is 10.2. The smallest absolute Gasteiger partial charge is 0.255 e. The Bertz CT molecular complexity index is 793. The highest BCUT2D eigenvalue weighted by molar-refractivity contribution is 5.94. The van der Waals surface area contributed by atoms with E-state index < -0.39 is 0 Å². The van der Waals surface area contributed by atoms with Crippen LogP contribution in [0.5, 0.6) is 0 Å². The molecule has 1 amide bonds. The van der Waals surface area contributed by atoms with Gasteiger partial charge in [-0.3, -0.25) is 9.48 Å². The van der Waals surface area contributed by atoms with Crippen LogP contribution in [0.2, 0.25) is 0 Å². The van der Waals surface area contributed by atoms with Crippen molar-refractivity contribution in [2.24, 2.45) is 0 Å². The number of hydrogen-bond acceptors (Lipinski definition) is 4. The molecule has 1 fully saturated rings. The standard InChI is InChI=1S/C15H16N6O/c22-15(12-3-4-14-16-5-8-19(14)10-12)21-7-1-2-13(21)11-20-9-6-17-18-20/h3-6,8-10,13H,1-2,7,11H2/t13-/m0/s1. The molecule has 1 aliphatic heterocycles. The fraction of sp³-hybridized carbons (Fsp3) is 0.333. The van der Waals surface area contributed by atoms with E-state index in [0.29, 0.717) is 12.1 Å². The van der Waals surface area contributed by atoms with Crippen molar-refractivity contribution in [3.8, 4) is 0 Å². The van der Waals surface area contributed by atoms with Crippen LogP contribution in [0.3, 0.4) is 0 Å². The maximum absolute atomic E-state index is 12.8. The van der Waals surface area contributed by atoms with Crippen molar-refractivity contribution in [2.75, 3.05) is 6.54 Å². The lowest BCUT2D eigenvalue weighted by molar-refractivity contribution is 0.0720. The van der Waals surface area contributed by atoms with E-state index in [-0.39, 0.29) is 11.9 Å². The zero-order chi connectivity index (χ0) is 14.9. The van der Waals surface area contributed by atoms with Crippen molar-refractivity contribution in [2.45, 2.75) is 25.4 Å². The summed E-state index contributed by atoms with van der Waals surface area (Å²) in [5.41, 5.74) is 1.54. The molecule has 3 aromatic rings. The Morgan fingerprint density at radius 2 is 2.23 bits per heavy atom. The van der Waals surface area contributed by atoms with Gasteiger partial charge in [0.15, 0.2) is 0 Å². The third kappa shape index (κ3) is 2.24. The summed E-state index contributed by atoms with van der Waals surface area (Å²) in [6, 6.07) is 3.89. The van der Waals surface area contributed by atoms with E-state index in [9.17, 15) is 4.79 Å². The second-order valence-electron chi connectivity index (χ2n) is 5.53. The zero-order valence-electron chi connectivity index (χ0n) is 12.0. The van der Waals surface area contributed by atoms with Crippen molar-refractivity contribution in [3.05, 3.63) is 48.7 Å². The number of imidazole rings is 1. The fourth-order valence-electron chi connectivity index (χ4n) is 3.05. The quantitative estimate of drug-likeness (QED) is 0.729. The zero-order valence-corrected chi connectivity index (χ0v) is 12.0. The second-order valence-corrected chi connectivity index (χ2v) is 5.53. The van der Waals surface area contributed by atoms with Gasteiger partial charge >= 0.3 is 0 Å². The van der Waals surface area contributed by atoms with E-state index in [2.05, 4.69) is 15.3 Å². The molecule has 4 rings (SSSR count). The van der Waals surface area contributed by atoms with E-state index in [4.69, 9.17) is 0 Å². The lowest BCUT2D eigenvalue weighted by Gasteiger charge is -2.24. The first-order valence-corrected chi connectivity index (χ1v) is 7.39.